The zero-order valence-electron chi connectivity index (χ0n) is 12.4. The molecule has 2 rings (SSSR count). The number of halogens is 2. The Hall–Kier alpha value is -2.11. The van der Waals surface area contributed by atoms with Crippen molar-refractivity contribution in [3.05, 3.63) is 52.5 Å². The number of hydrogen-bond donors (Lipinski definition) is 2. The predicted molar refractivity (Wildman–Crippen MR) is 92.0 cm³/mol. The molecule has 0 aliphatic rings. The first-order chi connectivity index (χ1) is 11.1. The molecule has 5 nitrogen and oxygen atoms in total. The summed E-state index contributed by atoms with van der Waals surface area (Å²) in [6, 6.07) is 11.7. The molecule has 23 heavy (non-hydrogen) atoms. The predicted octanol–water partition coefficient (Wildman–Crippen LogP) is 4.20. The average molecular weight is 355 g/mol. The highest BCUT2D eigenvalue weighted by molar-refractivity contribution is 6.32. The Morgan fingerprint density at radius 2 is 1.91 bits per heavy atom. The van der Waals surface area contributed by atoms with Gasteiger partial charge in [0.1, 0.15) is 18.1 Å². The van der Waals surface area contributed by atoms with Gasteiger partial charge >= 0.3 is 6.03 Å². The molecule has 122 valence electrons. The SMILES string of the molecule is COc1ccc(Cl)cc1NC(=O)NCCOc1ccccc1Cl. The standard InChI is InChI=1S/C16H16Cl2N2O3/c1-22-15-7-6-11(17)10-13(15)20-16(21)19-8-9-23-14-5-3-2-4-12(14)18/h2-7,10H,8-9H2,1H3,(H2,19,20,21). The maximum atomic E-state index is 11.9. The van der Waals surface area contributed by atoms with E-state index in [0.29, 0.717) is 40.4 Å². The first kappa shape index (κ1) is 17.2. The fraction of sp³-hybridized carbons (Fsp3) is 0.188. The number of hydrogen-bond acceptors (Lipinski definition) is 3. The number of anilines is 1. The van der Waals surface area contributed by atoms with Crippen LogP contribution in [0.1, 0.15) is 0 Å². The summed E-state index contributed by atoms with van der Waals surface area (Å²) in [5.41, 5.74) is 0.490. The summed E-state index contributed by atoms with van der Waals surface area (Å²) in [5, 5.41) is 6.38. The van der Waals surface area contributed by atoms with E-state index in [2.05, 4.69) is 10.6 Å². The van der Waals surface area contributed by atoms with Crippen molar-refractivity contribution in [3.63, 3.8) is 0 Å². The van der Waals surface area contributed by atoms with Crippen LogP contribution in [0.2, 0.25) is 10.0 Å². The first-order valence-corrected chi connectivity index (χ1v) is 7.61. The van der Waals surface area contributed by atoms with Crippen molar-refractivity contribution in [2.45, 2.75) is 0 Å². The van der Waals surface area contributed by atoms with Crippen LogP contribution in [-0.4, -0.2) is 26.3 Å². The van der Waals surface area contributed by atoms with Crippen molar-refractivity contribution >= 4 is 34.9 Å². The molecule has 0 atom stereocenters. The Bertz CT molecular complexity index is 680. The minimum atomic E-state index is -0.381. The van der Waals surface area contributed by atoms with E-state index in [1.807, 2.05) is 12.1 Å². The quantitative estimate of drug-likeness (QED) is 0.764. The lowest BCUT2D eigenvalue weighted by Gasteiger charge is -2.12. The summed E-state index contributed by atoms with van der Waals surface area (Å²) in [5.74, 6) is 1.10. The van der Waals surface area contributed by atoms with Crippen LogP contribution in [-0.2, 0) is 0 Å². The number of para-hydroxylation sites is 1. The Balaban J connectivity index is 1.80. The van der Waals surface area contributed by atoms with Crippen LogP contribution in [0.15, 0.2) is 42.5 Å². The lowest BCUT2D eigenvalue weighted by atomic mass is 10.3. The number of amides is 2. The number of urea groups is 1. The molecule has 0 spiro atoms. The van der Waals surface area contributed by atoms with Gasteiger partial charge in [0.2, 0.25) is 0 Å². The largest absolute Gasteiger partial charge is 0.495 e. The number of carbonyl (C=O) groups is 1. The lowest BCUT2D eigenvalue weighted by Crippen LogP contribution is -2.32. The number of nitrogens with one attached hydrogen (secondary N) is 2. The van der Waals surface area contributed by atoms with E-state index in [4.69, 9.17) is 32.7 Å². The van der Waals surface area contributed by atoms with Crippen molar-refractivity contribution in [3.8, 4) is 11.5 Å². The molecular formula is C16H16Cl2N2O3. The van der Waals surface area contributed by atoms with Gasteiger partial charge in [-0.05, 0) is 30.3 Å². The van der Waals surface area contributed by atoms with Gasteiger partial charge in [-0.2, -0.15) is 0 Å². The fourth-order valence-corrected chi connectivity index (χ4v) is 2.19. The molecule has 0 aliphatic heterocycles. The van der Waals surface area contributed by atoms with Gasteiger partial charge in [-0.1, -0.05) is 35.3 Å². The summed E-state index contributed by atoms with van der Waals surface area (Å²) in [4.78, 5) is 11.9. The van der Waals surface area contributed by atoms with Crippen molar-refractivity contribution in [2.24, 2.45) is 0 Å². The molecule has 7 heteroatoms. The molecular weight excluding hydrogens is 339 g/mol. The van der Waals surface area contributed by atoms with Gasteiger partial charge in [-0.25, -0.2) is 4.79 Å². The van der Waals surface area contributed by atoms with Gasteiger partial charge in [0.15, 0.2) is 0 Å². The third-order valence-electron chi connectivity index (χ3n) is 2.89. The monoisotopic (exact) mass is 354 g/mol. The number of benzene rings is 2. The molecule has 0 heterocycles. The van der Waals surface area contributed by atoms with E-state index >= 15 is 0 Å². The Morgan fingerprint density at radius 1 is 1.13 bits per heavy atom. The van der Waals surface area contributed by atoms with Gasteiger partial charge in [0, 0.05) is 5.02 Å². The number of ether oxygens (including phenoxy) is 2. The van der Waals surface area contributed by atoms with Crippen molar-refractivity contribution in [2.75, 3.05) is 25.6 Å². The molecule has 0 aromatic heterocycles. The molecule has 0 radical (unpaired) electrons. The van der Waals surface area contributed by atoms with E-state index in [0.717, 1.165) is 0 Å². The summed E-state index contributed by atoms with van der Waals surface area (Å²) >= 11 is 11.9. The summed E-state index contributed by atoms with van der Waals surface area (Å²) in [6.45, 7) is 0.615. The summed E-state index contributed by atoms with van der Waals surface area (Å²) in [7, 11) is 1.52. The van der Waals surface area contributed by atoms with Crippen LogP contribution in [0.25, 0.3) is 0 Å². The second-order valence-corrected chi connectivity index (χ2v) is 5.35. The molecule has 0 saturated heterocycles. The van der Waals surface area contributed by atoms with Gasteiger partial charge in [0.25, 0.3) is 0 Å². The van der Waals surface area contributed by atoms with Crippen LogP contribution >= 0.6 is 23.2 Å². The second kappa shape index (κ2) is 8.50. The number of methoxy groups -OCH3 is 1. The maximum absolute atomic E-state index is 11.9. The Labute approximate surface area is 144 Å². The third kappa shape index (κ3) is 5.23. The number of carbonyl (C=O) groups excluding carboxylic acids is 1. The number of rotatable bonds is 6. The summed E-state index contributed by atoms with van der Waals surface area (Å²) in [6.07, 6.45) is 0. The zero-order chi connectivity index (χ0) is 16.7. The topological polar surface area (TPSA) is 59.6 Å². The lowest BCUT2D eigenvalue weighted by molar-refractivity contribution is 0.247. The van der Waals surface area contributed by atoms with Gasteiger partial charge in [-0.15, -0.1) is 0 Å². The highest BCUT2D eigenvalue weighted by atomic mass is 35.5. The van der Waals surface area contributed by atoms with E-state index in [-0.39, 0.29) is 6.03 Å². The zero-order valence-corrected chi connectivity index (χ0v) is 13.9. The molecule has 0 saturated carbocycles. The van der Waals surface area contributed by atoms with Crippen LogP contribution in [0.5, 0.6) is 11.5 Å². The molecule has 0 aliphatic carbocycles. The molecule has 0 bridgehead atoms. The molecule has 0 fully saturated rings. The first-order valence-electron chi connectivity index (χ1n) is 6.86. The Kier molecular flexibility index (Phi) is 6.38. The molecule has 2 aromatic rings. The third-order valence-corrected chi connectivity index (χ3v) is 3.44. The van der Waals surface area contributed by atoms with Crippen LogP contribution < -0.4 is 20.1 Å². The van der Waals surface area contributed by atoms with Gasteiger partial charge < -0.3 is 20.1 Å². The molecule has 2 amide bonds. The van der Waals surface area contributed by atoms with E-state index in [9.17, 15) is 4.79 Å². The highest BCUT2D eigenvalue weighted by Gasteiger charge is 2.08. The average Bonchev–Trinajstić information content (AvgIpc) is 2.53. The smallest absolute Gasteiger partial charge is 0.319 e. The van der Waals surface area contributed by atoms with Crippen LogP contribution in [0.3, 0.4) is 0 Å². The van der Waals surface area contributed by atoms with Crippen molar-refractivity contribution < 1.29 is 14.3 Å². The molecule has 2 aromatic carbocycles. The summed E-state index contributed by atoms with van der Waals surface area (Å²) < 4.78 is 10.6. The maximum Gasteiger partial charge on any atom is 0.319 e. The van der Waals surface area contributed by atoms with E-state index in [1.165, 1.54) is 7.11 Å². The van der Waals surface area contributed by atoms with E-state index < -0.39 is 0 Å². The van der Waals surface area contributed by atoms with Gasteiger partial charge in [0.05, 0.1) is 24.4 Å². The highest BCUT2D eigenvalue weighted by Crippen LogP contribution is 2.27. The van der Waals surface area contributed by atoms with Crippen molar-refractivity contribution in [1.82, 2.24) is 5.32 Å². The second-order valence-electron chi connectivity index (χ2n) is 4.50. The van der Waals surface area contributed by atoms with E-state index in [1.54, 1.807) is 30.3 Å². The normalized spacial score (nSPS) is 10.0. The molecule has 0 unspecified atom stereocenters. The molecule has 2 N–H and O–H groups in total. The van der Waals surface area contributed by atoms with Crippen molar-refractivity contribution in [1.29, 1.82) is 0 Å². The van der Waals surface area contributed by atoms with Crippen LogP contribution in [0.4, 0.5) is 10.5 Å². The van der Waals surface area contributed by atoms with Gasteiger partial charge in [-0.3, -0.25) is 0 Å². The van der Waals surface area contributed by atoms with Crippen LogP contribution in [0, 0.1) is 0 Å². The minimum absolute atomic E-state index is 0.295. The minimum Gasteiger partial charge on any atom is -0.495 e. The Morgan fingerprint density at radius 3 is 2.65 bits per heavy atom. The fourth-order valence-electron chi connectivity index (χ4n) is 1.83.